The summed E-state index contributed by atoms with van der Waals surface area (Å²) in [6.45, 7) is 0.913. The maximum absolute atomic E-state index is 12.5. The molecule has 4 nitrogen and oxygen atoms in total. The van der Waals surface area contributed by atoms with Gasteiger partial charge in [0.25, 0.3) is 15.7 Å². The fraction of sp³-hybridized carbons (Fsp3) is 0.235. The Morgan fingerprint density at radius 1 is 0.960 bits per heavy atom. The monoisotopic (exact) mass is 369 g/mol. The predicted molar refractivity (Wildman–Crippen MR) is 84.6 cm³/mol. The van der Waals surface area contributed by atoms with Crippen LogP contribution in [0.2, 0.25) is 0 Å². The van der Waals surface area contributed by atoms with Crippen LogP contribution in [0.4, 0.5) is 13.2 Å². The van der Waals surface area contributed by atoms with Gasteiger partial charge in [0.05, 0.1) is 4.90 Å². The van der Waals surface area contributed by atoms with Gasteiger partial charge in [-0.05, 0) is 41.8 Å². The summed E-state index contributed by atoms with van der Waals surface area (Å²) in [5.41, 5.74) is -3.02. The molecule has 132 valence electrons. The van der Waals surface area contributed by atoms with Crippen LogP contribution < -0.4 is 0 Å². The second-order valence-corrected chi connectivity index (χ2v) is 7.66. The maximum Gasteiger partial charge on any atom is 0.501 e. The molecular weight excluding hydrogens is 355 g/mol. The number of carbonyl (C=O) groups is 1. The van der Waals surface area contributed by atoms with Crippen molar-refractivity contribution >= 4 is 15.7 Å². The standard InChI is InChI=1S/C17H14F3NO3S/c18-17(19,20)25(23,24)15-7-5-13(6-8-15)16(22)21-10-9-12-3-1-2-4-14(12)11-21/h1-8H,9-11H2. The van der Waals surface area contributed by atoms with Gasteiger partial charge in [0.1, 0.15) is 0 Å². The average Bonchev–Trinajstić information content (AvgIpc) is 2.60. The predicted octanol–water partition coefficient (Wildman–Crippen LogP) is 3.18. The van der Waals surface area contributed by atoms with Gasteiger partial charge in [-0.25, -0.2) is 8.42 Å². The van der Waals surface area contributed by atoms with Crippen molar-refractivity contribution in [2.75, 3.05) is 6.54 Å². The van der Waals surface area contributed by atoms with Crippen LogP contribution in [0.3, 0.4) is 0 Å². The van der Waals surface area contributed by atoms with Crippen LogP contribution in [-0.2, 0) is 22.8 Å². The van der Waals surface area contributed by atoms with Crippen LogP contribution >= 0.6 is 0 Å². The van der Waals surface area contributed by atoms with Crippen molar-refractivity contribution < 1.29 is 26.4 Å². The molecule has 0 bridgehead atoms. The van der Waals surface area contributed by atoms with E-state index in [9.17, 15) is 26.4 Å². The van der Waals surface area contributed by atoms with Crippen molar-refractivity contribution in [3.63, 3.8) is 0 Å². The SMILES string of the molecule is O=C(c1ccc(S(=O)(=O)C(F)(F)F)cc1)N1CCc2ccccc2C1. The second kappa shape index (κ2) is 6.18. The Labute approximate surface area is 142 Å². The van der Waals surface area contributed by atoms with Crippen LogP contribution in [0, 0.1) is 0 Å². The third-order valence-corrected chi connectivity index (χ3v) is 5.64. The average molecular weight is 369 g/mol. The van der Waals surface area contributed by atoms with Crippen LogP contribution in [0.15, 0.2) is 53.4 Å². The highest BCUT2D eigenvalue weighted by atomic mass is 32.2. The van der Waals surface area contributed by atoms with Gasteiger partial charge in [-0.2, -0.15) is 13.2 Å². The Hall–Kier alpha value is -2.35. The topological polar surface area (TPSA) is 54.5 Å². The summed E-state index contributed by atoms with van der Waals surface area (Å²) in [6, 6.07) is 11.6. The third kappa shape index (κ3) is 3.26. The molecule has 0 radical (unpaired) electrons. The molecule has 2 aromatic rings. The molecule has 0 saturated heterocycles. The number of carbonyl (C=O) groups excluding carboxylic acids is 1. The zero-order chi connectivity index (χ0) is 18.2. The Bertz CT molecular complexity index is 905. The molecule has 25 heavy (non-hydrogen) atoms. The number of hydrogen-bond donors (Lipinski definition) is 0. The quantitative estimate of drug-likeness (QED) is 0.817. The summed E-state index contributed by atoms with van der Waals surface area (Å²) in [5, 5.41) is 0. The van der Waals surface area contributed by atoms with E-state index in [0.717, 1.165) is 35.4 Å². The van der Waals surface area contributed by atoms with Gasteiger partial charge in [0, 0.05) is 18.7 Å². The smallest absolute Gasteiger partial charge is 0.334 e. The van der Waals surface area contributed by atoms with Gasteiger partial charge in [0.2, 0.25) is 0 Å². The number of alkyl halides is 3. The molecule has 1 heterocycles. The molecule has 0 spiro atoms. The molecule has 8 heteroatoms. The van der Waals surface area contributed by atoms with Crippen LogP contribution in [-0.4, -0.2) is 31.3 Å². The van der Waals surface area contributed by atoms with Crippen molar-refractivity contribution in [2.24, 2.45) is 0 Å². The van der Waals surface area contributed by atoms with E-state index in [1.54, 1.807) is 4.90 Å². The Morgan fingerprint density at radius 2 is 1.56 bits per heavy atom. The summed E-state index contributed by atoms with van der Waals surface area (Å²) in [5.74, 6) is -0.342. The highest BCUT2D eigenvalue weighted by Gasteiger charge is 2.46. The van der Waals surface area contributed by atoms with Gasteiger partial charge < -0.3 is 4.90 Å². The fourth-order valence-corrected chi connectivity index (χ4v) is 3.52. The molecule has 0 aliphatic carbocycles. The van der Waals surface area contributed by atoms with Gasteiger partial charge >= 0.3 is 5.51 Å². The molecule has 1 amide bonds. The number of halogens is 3. The van der Waals surface area contributed by atoms with Gasteiger partial charge in [-0.3, -0.25) is 4.79 Å². The molecule has 0 atom stereocenters. The highest BCUT2D eigenvalue weighted by molar-refractivity contribution is 7.92. The molecule has 0 aromatic heterocycles. The van der Waals surface area contributed by atoms with E-state index < -0.39 is 20.2 Å². The van der Waals surface area contributed by atoms with Crippen LogP contribution in [0.1, 0.15) is 21.5 Å². The van der Waals surface area contributed by atoms with E-state index in [2.05, 4.69) is 0 Å². The summed E-state index contributed by atoms with van der Waals surface area (Å²) in [7, 11) is -5.41. The zero-order valence-electron chi connectivity index (χ0n) is 13.0. The molecule has 0 fully saturated rings. The second-order valence-electron chi connectivity index (χ2n) is 5.72. The highest BCUT2D eigenvalue weighted by Crippen LogP contribution is 2.30. The summed E-state index contributed by atoms with van der Waals surface area (Å²) >= 11 is 0. The number of nitrogens with zero attached hydrogens (tertiary/aromatic N) is 1. The van der Waals surface area contributed by atoms with Crippen molar-refractivity contribution in [1.82, 2.24) is 4.90 Å². The summed E-state index contributed by atoms with van der Waals surface area (Å²) < 4.78 is 60.3. The Kier molecular flexibility index (Phi) is 4.32. The van der Waals surface area contributed by atoms with E-state index in [0.29, 0.717) is 19.5 Å². The van der Waals surface area contributed by atoms with Crippen molar-refractivity contribution in [3.05, 3.63) is 65.2 Å². The number of fused-ring (bicyclic) bond motifs is 1. The van der Waals surface area contributed by atoms with Gasteiger partial charge in [-0.15, -0.1) is 0 Å². The first-order valence-corrected chi connectivity index (χ1v) is 8.96. The van der Waals surface area contributed by atoms with E-state index in [1.807, 2.05) is 24.3 Å². The fourth-order valence-electron chi connectivity index (χ4n) is 2.76. The molecular formula is C17H14F3NO3S. The molecule has 0 saturated carbocycles. The van der Waals surface area contributed by atoms with E-state index in [-0.39, 0.29) is 11.5 Å². The Morgan fingerprint density at radius 3 is 2.16 bits per heavy atom. The molecule has 1 aliphatic heterocycles. The number of rotatable bonds is 2. The van der Waals surface area contributed by atoms with Crippen molar-refractivity contribution in [2.45, 2.75) is 23.4 Å². The van der Waals surface area contributed by atoms with Crippen molar-refractivity contribution in [1.29, 1.82) is 0 Å². The maximum atomic E-state index is 12.5. The molecule has 2 aromatic carbocycles. The number of hydrogen-bond acceptors (Lipinski definition) is 3. The molecule has 1 aliphatic rings. The first kappa shape index (κ1) is 17.5. The van der Waals surface area contributed by atoms with Gasteiger partial charge in [0.15, 0.2) is 0 Å². The summed E-state index contributed by atoms with van der Waals surface area (Å²) in [6.07, 6.45) is 0.697. The largest absolute Gasteiger partial charge is 0.501 e. The van der Waals surface area contributed by atoms with E-state index in [1.165, 1.54) is 0 Å². The first-order valence-electron chi connectivity index (χ1n) is 7.47. The lowest BCUT2D eigenvalue weighted by Crippen LogP contribution is -2.35. The lowest BCUT2D eigenvalue weighted by molar-refractivity contribution is -0.0436. The zero-order valence-corrected chi connectivity index (χ0v) is 13.8. The number of benzene rings is 2. The van der Waals surface area contributed by atoms with Crippen LogP contribution in [0.5, 0.6) is 0 Å². The Balaban J connectivity index is 1.81. The van der Waals surface area contributed by atoms with Crippen LogP contribution in [0.25, 0.3) is 0 Å². The summed E-state index contributed by atoms with van der Waals surface area (Å²) in [4.78, 5) is 13.2. The molecule has 0 unspecified atom stereocenters. The number of amides is 1. The minimum Gasteiger partial charge on any atom is -0.334 e. The van der Waals surface area contributed by atoms with E-state index in [4.69, 9.17) is 0 Å². The number of sulfone groups is 1. The third-order valence-electron chi connectivity index (χ3n) is 4.13. The lowest BCUT2D eigenvalue weighted by Gasteiger charge is -2.29. The van der Waals surface area contributed by atoms with Crippen molar-refractivity contribution in [3.8, 4) is 0 Å². The normalized spacial score (nSPS) is 14.9. The molecule has 3 rings (SSSR count). The van der Waals surface area contributed by atoms with E-state index >= 15 is 0 Å². The lowest BCUT2D eigenvalue weighted by atomic mass is 9.99. The van der Waals surface area contributed by atoms with Gasteiger partial charge in [-0.1, -0.05) is 24.3 Å². The minimum atomic E-state index is -5.41. The molecule has 0 N–H and O–H groups in total. The first-order chi connectivity index (χ1) is 11.7. The minimum absolute atomic E-state index is 0.153.